The molecule has 0 N–H and O–H groups in total. The average Bonchev–Trinajstić information content (AvgIpc) is 2.69. The molecule has 10 heteroatoms. The van der Waals surface area contributed by atoms with Gasteiger partial charge in [-0.05, 0) is 15.9 Å². The van der Waals surface area contributed by atoms with Crippen LogP contribution >= 0.6 is 27.5 Å². The molecule has 1 atom stereocenters. The van der Waals surface area contributed by atoms with Crippen LogP contribution in [0.25, 0.3) is 0 Å². The van der Waals surface area contributed by atoms with Gasteiger partial charge in [0.1, 0.15) is 0 Å². The van der Waals surface area contributed by atoms with Crippen LogP contribution in [0.2, 0.25) is 0 Å². The minimum absolute atomic E-state index is 0.0396. The quantitative estimate of drug-likeness (QED) is 0.721. The number of halogens is 2. The lowest BCUT2D eigenvalue weighted by molar-refractivity contribution is 0.0120. The van der Waals surface area contributed by atoms with E-state index >= 15 is 0 Å². The minimum atomic E-state index is -3.64. The van der Waals surface area contributed by atoms with Gasteiger partial charge in [0.2, 0.25) is 5.03 Å². The van der Waals surface area contributed by atoms with E-state index < -0.39 is 10.0 Å². The highest BCUT2D eigenvalue weighted by atomic mass is 79.9. The molecule has 7 nitrogen and oxygen atoms in total. The zero-order valence-electron chi connectivity index (χ0n) is 9.58. The monoisotopic (exact) mass is 358 g/mol. The van der Waals surface area contributed by atoms with Gasteiger partial charge in [-0.2, -0.15) is 4.31 Å². The molecule has 0 saturated carbocycles. The lowest BCUT2D eigenvalue weighted by Gasteiger charge is -2.30. The fourth-order valence-corrected chi connectivity index (χ4v) is 4.40. The number of ether oxygens (including phenoxy) is 1. The normalized spacial score (nSPS) is 22.3. The van der Waals surface area contributed by atoms with Gasteiger partial charge in [0.05, 0.1) is 12.7 Å². The zero-order chi connectivity index (χ0) is 13.3. The number of morpholine rings is 1. The molecule has 1 aliphatic rings. The van der Waals surface area contributed by atoms with Gasteiger partial charge in [-0.25, -0.2) is 13.1 Å². The topological polar surface area (TPSA) is 77.3 Å². The number of nitrogens with zero attached hydrogens (tertiary/aromatic N) is 4. The largest absolute Gasteiger partial charge is 0.374 e. The smallest absolute Gasteiger partial charge is 0.263 e. The van der Waals surface area contributed by atoms with Crippen molar-refractivity contribution in [3.63, 3.8) is 0 Å². The van der Waals surface area contributed by atoms with Crippen molar-refractivity contribution < 1.29 is 13.2 Å². The number of aromatic nitrogens is 3. The Morgan fingerprint density at radius 3 is 2.89 bits per heavy atom. The maximum Gasteiger partial charge on any atom is 0.263 e. The van der Waals surface area contributed by atoms with E-state index in [1.54, 1.807) is 0 Å². The highest BCUT2D eigenvalue weighted by Crippen LogP contribution is 2.23. The van der Waals surface area contributed by atoms with Gasteiger partial charge in [0.25, 0.3) is 10.0 Å². The van der Waals surface area contributed by atoms with Gasteiger partial charge in [0.15, 0.2) is 4.60 Å². The molecule has 0 spiro atoms. The first-order valence-corrected chi connectivity index (χ1v) is 7.96. The van der Waals surface area contributed by atoms with Gasteiger partial charge < -0.3 is 4.74 Å². The number of rotatable bonds is 3. The Hall–Kier alpha value is -0.220. The molecule has 18 heavy (non-hydrogen) atoms. The van der Waals surface area contributed by atoms with Gasteiger partial charge in [-0.3, -0.25) is 0 Å². The molecule has 1 fully saturated rings. The van der Waals surface area contributed by atoms with E-state index in [0.29, 0.717) is 13.2 Å². The van der Waals surface area contributed by atoms with Gasteiger partial charge in [0, 0.05) is 26.0 Å². The molecule has 0 bridgehead atoms. The molecule has 1 aliphatic heterocycles. The van der Waals surface area contributed by atoms with Gasteiger partial charge >= 0.3 is 0 Å². The van der Waals surface area contributed by atoms with E-state index in [1.165, 1.54) is 16.0 Å². The van der Waals surface area contributed by atoms with Crippen molar-refractivity contribution in [1.82, 2.24) is 19.3 Å². The molecule has 1 aromatic heterocycles. The predicted molar refractivity (Wildman–Crippen MR) is 67.9 cm³/mol. The number of hydrogen-bond acceptors (Lipinski definition) is 5. The zero-order valence-corrected chi connectivity index (χ0v) is 12.7. The Bertz CT molecular complexity index is 515. The summed E-state index contributed by atoms with van der Waals surface area (Å²) in [5.41, 5.74) is 0. The molecule has 0 aliphatic carbocycles. The molecule has 0 amide bonds. The van der Waals surface area contributed by atoms with Crippen LogP contribution in [0.3, 0.4) is 0 Å². The summed E-state index contributed by atoms with van der Waals surface area (Å²) in [4.78, 5) is 0. The van der Waals surface area contributed by atoms with Crippen molar-refractivity contribution in [3.05, 3.63) is 4.60 Å². The molecular weight excluding hydrogens is 348 g/mol. The molecule has 1 aromatic rings. The number of hydrogen-bond donors (Lipinski definition) is 0. The fraction of sp³-hybridized carbons (Fsp3) is 0.750. The first-order chi connectivity index (χ1) is 8.46. The van der Waals surface area contributed by atoms with Crippen molar-refractivity contribution in [1.29, 1.82) is 0 Å². The van der Waals surface area contributed by atoms with Crippen molar-refractivity contribution in [2.45, 2.75) is 11.1 Å². The molecule has 0 radical (unpaired) electrons. The molecule has 102 valence electrons. The molecule has 1 unspecified atom stereocenters. The van der Waals surface area contributed by atoms with Crippen molar-refractivity contribution in [3.8, 4) is 0 Å². The van der Waals surface area contributed by atoms with Crippen LogP contribution in [0, 0.1) is 0 Å². The van der Waals surface area contributed by atoms with E-state index in [4.69, 9.17) is 16.3 Å². The summed E-state index contributed by atoms with van der Waals surface area (Å²) in [7, 11) is -2.11. The Labute approximate surface area is 118 Å². The summed E-state index contributed by atoms with van der Waals surface area (Å²) in [6.07, 6.45) is -0.282. The van der Waals surface area contributed by atoms with Crippen LogP contribution in [-0.2, 0) is 21.8 Å². The number of aryl methyl sites for hydroxylation is 1. The highest BCUT2D eigenvalue weighted by molar-refractivity contribution is 9.10. The van der Waals surface area contributed by atoms with Crippen molar-refractivity contribution >= 4 is 37.6 Å². The van der Waals surface area contributed by atoms with Crippen LogP contribution in [0.15, 0.2) is 9.63 Å². The summed E-state index contributed by atoms with van der Waals surface area (Å²) in [5, 5.41) is 7.40. The molecule has 1 saturated heterocycles. The van der Waals surface area contributed by atoms with Gasteiger partial charge in [-0.15, -0.1) is 16.7 Å². The van der Waals surface area contributed by atoms with Gasteiger partial charge in [-0.1, -0.05) is 5.21 Å². The minimum Gasteiger partial charge on any atom is -0.374 e. The standard InChI is InChI=1S/C8H12BrClN4O3S/c1-13-8(7(9)11-12-13)18(15,16)14-2-3-17-6(4-10)5-14/h6H,2-5H2,1H3. The van der Waals surface area contributed by atoms with Crippen molar-refractivity contribution in [2.24, 2.45) is 7.05 Å². The Kier molecular flexibility index (Phi) is 4.27. The third-order valence-corrected chi connectivity index (χ3v) is 5.69. The lowest BCUT2D eigenvalue weighted by atomic mass is 10.3. The Morgan fingerprint density at radius 1 is 1.61 bits per heavy atom. The summed E-state index contributed by atoms with van der Waals surface area (Å²) in [5.74, 6) is 0.261. The van der Waals surface area contributed by atoms with Crippen LogP contribution in [0.1, 0.15) is 0 Å². The molecule has 2 heterocycles. The average molecular weight is 360 g/mol. The first-order valence-electron chi connectivity index (χ1n) is 5.19. The summed E-state index contributed by atoms with van der Waals surface area (Å²) >= 11 is 8.79. The molecule has 0 aromatic carbocycles. The first kappa shape index (κ1) is 14.2. The summed E-state index contributed by atoms with van der Waals surface area (Å²) < 4.78 is 33.0. The lowest BCUT2D eigenvalue weighted by Crippen LogP contribution is -2.46. The van der Waals surface area contributed by atoms with Crippen LogP contribution in [-0.4, -0.2) is 59.4 Å². The molecule has 2 rings (SSSR count). The maximum absolute atomic E-state index is 12.4. The Balaban J connectivity index is 2.31. The predicted octanol–water partition coefficient (Wildman–Crippen LogP) is 0.206. The van der Waals surface area contributed by atoms with Crippen LogP contribution in [0.5, 0.6) is 0 Å². The second-order valence-electron chi connectivity index (χ2n) is 3.82. The SMILES string of the molecule is Cn1nnc(Br)c1S(=O)(=O)N1CCOC(CCl)C1. The third-order valence-electron chi connectivity index (χ3n) is 2.59. The molecular formula is C8H12BrClN4O3S. The van der Waals surface area contributed by atoms with E-state index in [9.17, 15) is 8.42 Å². The summed E-state index contributed by atoms with van der Waals surface area (Å²) in [6, 6.07) is 0. The fourth-order valence-electron chi connectivity index (χ4n) is 1.72. The van der Waals surface area contributed by atoms with E-state index in [2.05, 4.69) is 26.2 Å². The summed E-state index contributed by atoms with van der Waals surface area (Å²) in [6.45, 7) is 0.871. The number of alkyl halides is 1. The maximum atomic E-state index is 12.4. The van der Waals surface area contributed by atoms with Crippen LogP contribution < -0.4 is 0 Å². The van der Waals surface area contributed by atoms with E-state index in [0.717, 1.165) is 0 Å². The number of sulfonamides is 1. The third kappa shape index (κ3) is 2.55. The van der Waals surface area contributed by atoms with E-state index in [-0.39, 0.29) is 28.2 Å². The highest BCUT2D eigenvalue weighted by Gasteiger charge is 2.34. The van der Waals surface area contributed by atoms with Crippen LogP contribution in [0.4, 0.5) is 0 Å². The second-order valence-corrected chi connectivity index (χ2v) is 6.73. The van der Waals surface area contributed by atoms with E-state index in [1.807, 2.05) is 0 Å². The Morgan fingerprint density at radius 2 is 2.33 bits per heavy atom. The van der Waals surface area contributed by atoms with Crippen molar-refractivity contribution in [2.75, 3.05) is 25.6 Å². The second kappa shape index (κ2) is 5.41.